The average Bonchev–Trinajstić information content (AvgIpc) is 2.79. The fraction of sp³-hybridized carbons (Fsp3) is 0.714. The maximum absolute atomic E-state index is 12.3. The quantitative estimate of drug-likeness (QED) is 0.239. The summed E-state index contributed by atoms with van der Waals surface area (Å²) in [6.45, 7) is 12.4. The third-order valence-corrected chi connectivity index (χ3v) is 7.11. The SMILES string of the molecule is CO[C@]1(C)C[C@@](C)(O)OC(/C=C/C(C)=C/CC2OC(C)C(NC(=O)/C=C\C(C)OC(C)=O)CC2C)C1O. The number of rotatable bonds is 9. The molecule has 1 amide bonds. The summed E-state index contributed by atoms with van der Waals surface area (Å²) in [7, 11) is 1.52. The second kappa shape index (κ2) is 13.2. The van der Waals surface area contributed by atoms with Crippen molar-refractivity contribution < 1.29 is 38.7 Å². The van der Waals surface area contributed by atoms with E-state index in [-0.39, 0.29) is 36.5 Å². The van der Waals surface area contributed by atoms with E-state index in [4.69, 9.17) is 18.9 Å². The van der Waals surface area contributed by atoms with E-state index in [1.807, 2.05) is 19.9 Å². The van der Waals surface area contributed by atoms with Crippen LogP contribution >= 0.6 is 0 Å². The third kappa shape index (κ3) is 9.33. The Morgan fingerprint density at radius 1 is 1.22 bits per heavy atom. The summed E-state index contributed by atoms with van der Waals surface area (Å²) in [5.74, 6) is -1.82. The highest BCUT2D eigenvalue weighted by Crippen LogP contribution is 2.37. The lowest BCUT2D eigenvalue weighted by Gasteiger charge is -2.47. The Morgan fingerprint density at radius 2 is 1.89 bits per heavy atom. The molecule has 2 aliphatic rings. The summed E-state index contributed by atoms with van der Waals surface area (Å²) in [4.78, 5) is 23.3. The van der Waals surface area contributed by atoms with Crippen molar-refractivity contribution in [2.24, 2.45) is 5.92 Å². The fourth-order valence-corrected chi connectivity index (χ4v) is 4.92. The number of esters is 1. The highest BCUT2D eigenvalue weighted by molar-refractivity contribution is 5.87. The van der Waals surface area contributed by atoms with Crippen LogP contribution in [0.4, 0.5) is 0 Å². The van der Waals surface area contributed by atoms with Gasteiger partial charge in [-0.3, -0.25) is 9.59 Å². The van der Waals surface area contributed by atoms with Crippen LogP contribution in [0.25, 0.3) is 0 Å². The van der Waals surface area contributed by atoms with Gasteiger partial charge in [-0.2, -0.15) is 0 Å². The molecule has 2 heterocycles. The first-order valence-electron chi connectivity index (χ1n) is 13.0. The number of methoxy groups -OCH3 is 1. The van der Waals surface area contributed by atoms with Crippen LogP contribution in [-0.2, 0) is 28.5 Å². The van der Waals surface area contributed by atoms with Crippen molar-refractivity contribution in [2.45, 2.75) is 116 Å². The smallest absolute Gasteiger partial charge is 0.303 e. The number of carbonyl (C=O) groups is 2. The van der Waals surface area contributed by atoms with Gasteiger partial charge in [0.2, 0.25) is 5.91 Å². The molecule has 0 spiro atoms. The van der Waals surface area contributed by atoms with Crippen LogP contribution < -0.4 is 5.32 Å². The van der Waals surface area contributed by atoms with Crippen LogP contribution in [0.3, 0.4) is 0 Å². The minimum absolute atomic E-state index is 0.0000649. The van der Waals surface area contributed by atoms with Crippen molar-refractivity contribution in [1.29, 1.82) is 0 Å². The second-order valence-corrected chi connectivity index (χ2v) is 10.8. The van der Waals surface area contributed by atoms with Crippen LogP contribution in [0.1, 0.15) is 67.7 Å². The molecule has 37 heavy (non-hydrogen) atoms. The Morgan fingerprint density at radius 3 is 2.51 bits per heavy atom. The Hall–Kier alpha value is -2.04. The number of ether oxygens (including phenoxy) is 4. The van der Waals surface area contributed by atoms with Gasteiger partial charge in [0.25, 0.3) is 0 Å². The maximum atomic E-state index is 12.3. The highest BCUT2D eigenvalue weighted by atomic mass is 16.6. The van der Waals surface area contributed by atoms with Crippen LogP contribution in [0.2, 0.25) is 0 Å². The minimum Gasteiger partial charge on any atom is -0.459 e. The van der Waals surface area contributed by atoms with Crippen molar-refractivity contribution in [3.8, 4) is 0 Å². The number of carbonyl (C=O) groups excluding carboxylic acids is 2. The molecule has 0 aromatic rings. The number of aliphatic hydroxyl groups excluding tert-OH is 1. The van der Waals surface area contributed by atoms with Gasteiger partial charge in [-0.1, -0.05) is 30.7 Å². The molecule has 0 aromatic carbocycles. The van der Waals surface area contributed by atoms with E-state index >= 15 is 0 Å². The van der Waals surface area contributed by atoms with Gasteiger partial charge in [-0.05, 0) is 59.5 Å². The summed E-state index contributed by atoms with van der Waals surface area (Å²) in [6, 6.07) is -0.120. The summed E-state index contributed by atoms with van der Waals surface area (Å²) in [6.07, 6.45) is 8.00. The van der Waals surface area contributed by atoms with Gasteiger partial charge in [0.05, 0.1) is 23.9 Å². The molecule has 2 rings (SSSR count). The first-order valence-corrected chi connectivity index (χ1v) is 13.0. The van der Waals surface area contributed by atoms with Crippen molar-refractivity contribution in [1.82, 2.24) is 5.32 Å². The summed E-state index contributed by atoms with van der Waals surface area (Å²) in [5, 5.41) is 24.2. The first-order chi connectivity index (χ1) is 17.2. The van der Waals surface area contributed by atoms with E-state index in [1.54, 1.807) is 32.9 Å². The lowest BCUT2D eigenvalue weighted by atomic mass is 9.84. The Balaban J connectivity index is 1.91. The van der Waals surface area contributed by atoms with Crippen molar-refractivity contribution in [2.75, 3.05) is 7.11 Å². The maximum Gasteiger partial charge on any atom is 0.303 e. The number of allylic oxidation sites excluding steroid dienone is 2. The van der Waals surface area contributed by atoms with Gasteiger partial charge in [0.15, 0.2) is 5.79 Å². The molecule has 0 saturated carbocycles. The van der Waals surface area contributed by atoms with E-state index in [0.717, 1.165) is 12.0 Å². The summed E-state index contributed by atoms with van der Waals surface area (Å²) < 4.78 is 22.4. The molecular weight excluding hydrogens is 478 g/mol. The number of hydrogen-bond acceptors (Lipinski definition) is 8. The molecule has 210 valence electrons. The molecule has 9 atom stereocenters. The number of nitrogens with one attached hydrogen (secondary N) is 1. The van der Waals surface area contributed by atoms with E-state index in [1.165, 1.54) is 20.1 Å². The predicted molar refractivity (Wildman–Crippen MR) is 139 cm³/mol. The fourth-order valence-electron chi connectivity index (χ4n) is 4.92. The van der Waals surface area contributed by atoms with Gasteiger partial charge in [0.1, 0.15) is 18.3 Å². The lowest BCUT2D eigenvalue weighted by molar-refractivity contribution is -0.307. The molecule has 9 nitrogen and oxygen atoms in total. The average molecular weight is 524 g/mol. The molecule has 0 aliphatic carbocycles. The normalized spacial score (nSPS) is 38.1. The van der Waals surface area contributed by atoms with E-state index in [2.05, 4.69) is 18.3 Å². The van der Waals surface area contributed by atoms with E-state index in [9.17, 15) is 19.8 Å². The van der Waals surface area contributed by atoms with Crippen LogP contribution in [0.5, 0.6) is 0 Å². The van der Waals surface area contributed by atoms with Crippen LogP contribution in [0, 0.1) is 5.92 Å². The number of amides is 1. The van der Waals surface area contributed by atoms with Gasteiger partial charge in [-0.15, -0.1) is 0 Å². The van der Waals surface area contributed by atoms with Crippen LogP contribution in [0.15, 0.2) is 36.0 Å². The molecule has 0 aromatic heterocycles. The Kier molecular flexibility index (Phi) is 11.1. The van der Waals surface area contributed by atoms with Crippen molar-refractivity contribution >= 4 is 11.9 Å². The summed E-state index contributed by atoms with van der Waals surface area (Å²) in [5.41, 5.74) is 0.0594. The Bertz CT molecular complexity index is 881. The largest absolute Gasteiger partial charge is 0.459 e. The van der Waals surface area contributed by atoms with Crippen molar-refractivity contribution in [3.63, 3.8) is 0 Å². The predicted octanol–water partition coefficient (Wildman–Crippen LogP) is 2.95. The zero-order valence-electron chi connectivity index (χ0n) is 23.4. The molecular formula is C28H45NO8. The molecule has 9 heteroatoms. The monoisotopic (exact) mass is 523 g/mol. The highest BCUT2D eigenvalue weighted by Gasteiger charge is 2.50. The number of hydrogen-bond donors (Lipinski definition) is 3. The Labute approximate surface area is 220 Å². The van der Waals surface area contributed by atoms with Crippen molar-refractivity contribution in [3.05, 3.63) is 36.0 Å². The topological polar surface area (TPSA) is 124 Å². The van der Waals surface area contributed by atoms with E-state index in [0.29, 0.717) is 6.42 Å². The second-order valence-electron chi connectivity index (χ2n) is 10.8. The van der Waals surface area contributed by atoms with Crippen LogP contribution in [-0.4, -0.2) is 77.1 Å². The van der Waals surface area contributed by atoms with E-state index < -0.39 is 35.7 Å². The molecule has 3 N–H and O–H groups in total. The summed E-state index contributed by atoms with van der Waals surface area (Å²) >= 11 is 0. The standard InChI is InChI=1S/C28H45NO8/c1-17(10-13-24-26(32)27(6,34-8)16-28(7,33)37-24)9-12-23-18(2)15-22(20(4)36-23)29-25(31)14-11-19(3)35-21(5)30/h9-11,13-14,18-20,22-24,26,32-33H,12,15-16H2,1-8H3,(H,29,31)/b13-10+,14-11-,17-9+/t18?,19?,20?,22?,23?,24?,26?,27-,28+/m1/s1. The number of aliphatic hydroxyl groups is 2. The molecule has 0 radical (unpaired) electrons. The first kappa shape index (κ1) is 31.2. The molecule has 2 fully saturated rings. The van der Waals surface area contributed by atoms with Gasteiger partial charge in [0, 0.05) is 26.5 Å². The molecule has 2 saturated heterocycles. The van der Waals surface area contributed by atoms with Gasteiger partial charge in [-0.25, -0.2) is 0 Å². The molecule has 0 bridgehead atoms. The minimum atomic E-state index is -1.40. The third-order valence-electron chi connectivity index (χ3n) is 7.11. The molecule has 2 aliphatic heterocycles. The van der Waals surface area contributed by atoms with Gasteiger partial charge >= 0.3 is 5.97 Å². The lowest BCUT2D eigenvalue weighted by Crippen LogP contribution is -2.60. The van der Waals surface area contributed by atoms with Gasteiger partial charge < -0.3 is 34.5 Å². The molecule has 7 unspecified atom stereocenters. The zero-order valence-corrected chi connectivity index (χ0v) is 23.4. The zero-order chi connectivity index (χ0) is 28.0.